The first-order valence-electron chi connectivity index (χ1n) is 9.21. The quantitative estimate of drug-likeness (QED) is 0.441. The van der Waals surface area contributed by atoms with Crippen LogP contribution in [0.3, 0.4) is 0 Å². The molecule has 1 aliphatic heterocycles. The molecule has 0 bridgehead atoms. The molecular weight excluding hydrogens is 410 g/mol. The summed E-state index contributed by atoms with van der Waals surface area (Å²) < 4.78 is 31.9. The topological polar surface area (TPSA) is 80.8 Å². The Morgan fingerprint density at radius 3 is 2.69 bits per heavy atom. The fourth-order valence-electron chi connectivity index (χ4n) is 3.36. The maximum absolute atomic E-state index is 12.5. The summed E-state index contributed by atoms with van der Waals surface area (Å²) in [7, 11) is -3.33. The van der Waals surface area contributed by atoms with Crippen molar-refractivity contribution in [2.24, 2.45) is 0 Å². The van der Waals surface area contributed by atoms with Gasteiger partial charge in [-0.15, -0.1) is 11.3 Å². The summed E-state index contributed by atoms with van der Waals surface area (Å²) in [5, 5.41) is 0.959. The zero-order valence-electron chi connectivity index (χ0n) is 15.8. The number of rotatable bonds is 6. The molecule has 150 valence electrons. The number of Topliss-reactive ketones (excluding diaryl/α,β-unsaturated/α-hetero) is 1. The molecule has 0 atom stereocenters. The van der Waals surface area contributed by atoms with Crippen molar-refractivity contribution >= 4 is 48.9 Å². The van der Waals surface area contributed by atoms with E-state index in [-0.39, 0.29) is 18.1 Å². The Morgan fingerprint density at radius 1 is 1.14 bits per heavy atom. The van der Waals surface area contributed by atoms with Crippen LogP contribution in [0.2, 0.25) is 0 Å². The van der Waals surface area contributed by atoms with E-state index in [4.69, 9.17) is 4.74 Å². The van der Waals surface area contributed by atoms with Crippen LogP contribution in [-0.2, 0) is 21.2 Å². The number of carbonyl (C=O) groups is 2. The standard InChI is InChI=1S/C21H19NO5S2/c1-2-29(25,26)22-10-9-14-11-15(7-8-17(14)22)18(23)13-27-21(24)20-12-16-5-3-4-6-19(16)28-20/h3-8,11-12H,2,9-10,13H2,1H3. The molecule has 0 spiro atoms. The molecule has 0 aliphatic carbocycles. The van der Waals surface area contributed by atoms with Crippen molar-refractivity contribution in [1.29, 1.82) is 0 Å². The summed E-state index contributed by atoms with van der Waals surface area (Å²) in [4.78, 5) is 25.2. The molecule has 1 aliphatic rings. The Balaban J connectivity index is 1.45. The number of anilines is 1. The van der Waals surface area contributed by atoms with Gasteiger partial charge >= 0.3 is 5.97 Å². The van der Waals surface area contributed by atoms with Crippen LogP contribution >= 0.6 is 11.3 Å². The fraction of sp³-hybridized carbons (Fsp3) is 0.238. The number of hydrogen-bond donors (Lipinski definition) is 0. The maximum atomic E-state index is 12.5. The van der Waals surface area contributed by atoms with Crippen LogP contribution in [-0.4, -0.2) is 39.1 Å². The van der Waals surface area contributed by atoms with E-state index >= 15 is 0 Å². The maximum Gasteiger partial charge on any atom is 0.348 e. The normalized spacial score (nSPS) is 13.5. The monoisotopic (exact) mass is 429 g/mol. The molecule has 29 heavy (non-hydrogen) atoms. The number of benzene rings is 2. The van der Waals surface area contributed by atoms with E-state index in [9.17, 15) is 18.0 Å². The third-order valence-electron chi connectivity index (χ3n) is 4.92. The first kappa shape index (κ1) is 19.6. The number of hydrogen-bond acceptors (Lipinski definition) is 6. The minimum Gasteiger partial charge on any atom is -0.453 e. The zero-order valence-corrected chi connectivity index (χ0v) is 17.4. The zero-order chi connectivity index (χ0) is 20.6. The van der Waals surface area contributed by atoms with Crippen LogP contribution in [0.25, 0.3) is 10.1 Å². The molecule has 4 rings (SSSR count). The minimum absolute atomic E-state index is 0.0286. The van der Waals surface area contributed by atoms with Crippen molar-refractivity contribution in [3.05, 3.63) is 64.5 Å². The lowest BCUT2D eigenvalue weighted by atomic mass is 10.1. The summed E-state index contributed by atoms with van der Waals surface area (Å²) in [6, 6.07) is 14.3. The van der Waals surface area contributed by atoms with Crippen LogP contribution in [0.1, 0.15) is 32.5 Å². The average molecular weight is 430 g/mol. The molecule has 0 saturated heterocycles. The highest BCUT2D eigenvalue weighted by atomic mass is 32.2. The van der Waals surface area contributed by atoms with Gasteiger partial charge in [0.25, 0.3) is 0 Å². The molecule has 1 aromatic heterocycles. The van der Waals surface area contributed by atoms with Gasteiger partial charge in [-0.05, 0) is 54.6 Å². The van der Waals surface area contributed by atoms with E-state index in [1.807, 2.05) is 24.3 Å². The van der Waals surface area contributed by atoms with Gasteiger partial charge in [-0.2, -0.15) is 0 Å². The number of ketones is 1. The minimum atomic E-state index is -3.33. The van der Waals surface area contributed by atoms with Crippen molar-refractivity contribution in [2.45, 2.75) is 13.3 Å². The van der Waals surface area contributed by atoms with Crippen molar-refractivity contribution in [3.63, 3.8) is 0 Å². The second-order valence-electron chi connectivity index (χ2n) is 6.71. The SMILES string of the molecule is CCS(=O)(=O)N1CCc2cc(C(=O)COC(=O)c3cc4ccccc4s3)ccc21. The Kier molecular flexibility index (Phi) is 5.14. The molecule has 2 heterocycles. The van der Waals surface area contributed by atoms with E-state index in [0.29, 0.717) is 29.1 Å². The molecule has 0 N–H and O–H groups in total. The Morgan fingerprint density at radius 2 is 1.93 bits per heavy atom. The van der Waals surface area contributed by atoms with Gasteiger partial charge in [0.1, 0.15) is 4.88 Å². The molecule has 0 amide bonds. The van der Waals surface area contributed by atoms with Crippen LogP contribution in [0, 0.1) is 0 Å². The van der Waals surface area contributed by atoms with E-state index in [1.165, 1.54) is 15.6 Å². The van der Waals surface area contributed by atoms with Crippen LogP contribution < -0.4 is 4.31 Å². The van der Waals surface area contributed by atoms with Gasteiger partial charge in [0.05, 0.1) is 11.4 Å². The van der Waals surface area contributed by atoms with Gasteiger partial charge in [-0.3, -0.25) is 9.10 Å². The van der Waals surface area contributed by atoms with Crippen molar-refractivity contribution in [1.82, 2.24) is 0 Å². The largest absolute Gasteiger partial charge is 0.453 e. The van der Waals surface area contributed by atoms with E-state index < -0.39 is 16.0 Å². The third kappa shape index (κ3) is 3.77. The average Bonchev–Trinajstić information content (AvgIpc) is 3.35. The highest BCUT2D eigenvalue weighted by Gasteiger charge is 2.28. The fourth-order valence-corrected chi connectivity index (χ4v) is 5.47. The van der Waals surface area contributed by atoms with E-state index in [0.717, 1.165) is 15.6 Å². The first-order chi connectivity index (χ1) is 13.9. The summed E-state index contributed by atoms with van der Waals surface area (Å²) >= 11 is 1.33. The van der Waals surface area contributed by atoms with Crippen molar-refractivity contribution in [2.75, 3.05) is 23.2 Å². The molecule has 0 unspecified atom stereocenters. The highest BCUT2D eigenvalue weighted by Crippen LogP contribution is 2.31. The van der Waals surface area contributed by atoms with E-state index in [2.05, 4.69) is 0 Å². The molecule has 3 aromatic rings. The number of thiophene rings is 1. The van der Waals surface area contributed by atoms with Crippen LogP contribution in [0.15, 0.2) is 48.5 Å². The highest BCUT2D eigenvalue weighted by molar-refractivity contribution is 7.92. The van der Waals surface area contributed by atoms with Crippen molar-refractivity contribution < 1.29 is 22.7 Å². The Bertz CT molecular complexity index is 1180. The Labute approximate surface area is 172 Å². The number of nitrogens with zero attached hydrogens (tertiary/aromatic N) is 1. The number of sulfonamides is 1. The summed E-state index contributed by atoms with van der Waals surface area (Å²) in [6.45, 7) is 1.63. The van der Waals surface area contributed by atoms with Gasteiger partial charge in [-0.25, -0.2) is 13.2 Å². The molecule has 2 aromatic carbocycles. The molecule has 6 nitrogen and oxygen atoms in total. The number of ether oxygens (including phenoxy) is 1. The predicted molar refractivity (Wildman–Crippen MR) is 113 cm³/mol. The van der Waals surface area contributed by atoms with Gasteiger partial charge in [0.15, 0.2) is 12.4 Å². The first-order valence-corrected chi connectivity index (χ1v) is 11.6. The lowest BCUT2D eigenvalue weighted by Crippen LogP contribution is -2.30. The predicted octanol–water partition coefficient (Wildman–Crippen LogP) is 3.65. The second-order valence-corrected chi connectivity index (χ2v) is 9.98. The van der Waals surface area contributed by atoms with Crippen LogP contribution in [0.5, 0.6) is 0 Å². The molecule has 0 fully saturated rings. The van der Waals surface area contributed by atoms with Gasteiger partial charge in [0.2, 0.25) is 10.0 Å². The smallest absolute Gasteiger partial charge is 0.348 e. The third-order valence-corrected chi connectivity index (χ3v) is 7.79. The van der Waals surface area contributed by atoms with Crippen LogP contribution in [0.4, 0.5) is 5.69 Å². The number of esters is 1. The Hall–Kier alpha value is -2.71. The molecule has 0 saturated carbocycles. The molecule has 0 radical (unpaired) electrons. The van der Waals surface area contributed by atoms with E-state index in [1.54, 1.807) is 31.2 Å². The second kappa shape index (κ2) is 7.61. The number of fused-ring (bicyclic) bond motifs is 2. The lowest BCUT2D eigenvalue weighted by Gasteiger charge is -2.18. The van der Waals surface area contributed by atoms with Gasteiger partial charge < -0.3 is 4.74 Å². The van der Waals surface area contributed by atoms with Crippen molar-refractivity contribution in [3.8, 4) is 0 Å². The lowest BCUT2D eigenvalue weighted by molar-refractivity contribution is 0.0479. The summed E-state index contributed by atoms with van der Waals surface area (Å²) in [5.41, 5.74) is 1.83. The molecular formula is C21H19NO5S2. The summed E-state index contributed by atoms with van der Waals surface area (Å²) in [6.07, 6.45) is 0.553. The summed E-state index contributed by atoms with van der Waals surface area (Å²) in [5.74, 6) is -0.819. The van der Waals surface area contributed by atoms with Gasteiger partial charge in [0, 0.05) is 16.8 Å². The number of carbonyl (C=O) groups excluding carboxylic acids is 2. The van der Waals surface area contributed by atoms with Gasteiger partial charge in [-0.1, -0.05) is 18.2 Å². The molecule has 8 heteroatoms.